The summed E-state index contributed by atoms with van der Waals surface area (Å²) >= 11 is 5.84. The molecule has 1 amide bonds. The number of amides is 1. The van der Waals surface area contributed by atoms with E-state index in [1.165, 1.54) is 38.2 Å². The van der Waals surface area contributed by atoms with Gasteiger partial charge in [-0.05, 0) is 74.0 Å². The van der Waals surface area contributed by atoms with Crippen molar-refractivity contribution >= 4 is 23.5 Å². The Hall–Kier alpha value is -1.62. The number of carbonyl (C=O) groups excluding carboxylic acids is 2. The van der Waals surface area contributed by atoms with E-state index in [0.717, 1.165) is 24.0 Å². The van der Waals surface area contributed by atoms with Gasteiger partial charge in [0.25, 0.3) is 5.91 Å². The molecule has 4 bridgehead atoms. The lowest BCUT2D eigenvalue weighted by atomic mass is 9.54. The van der Waals surface area contributed by atoms with Crippen LogP contribution in [0.5, 0.6) is 0 Å². The van der Waals surface area contributed by atoms with Crippen molar-refractivity contribution in [3.63, 3.8) is 0 Å². The second kappa shape index (κ2) is 6.60. The van der Waals surface area contributed by atoms with Gasteiger partial charge in [0.05, 0.1) is 10.6 Å². The number of hydrogen-bond acceptors (Lipinski definition) is 3. The van der Waals surface area contributed by atoms with Crippen LogP contribution in [-0.2, 0) is 9.53 Å². The molecule has 0 aromatic heterocycles. The summed E-state index contributed by atoms with van der Waals surface area (Å²) < 4.78 is 18.1. The molecule has 6 heteroatoms. The van der Waals surface area contributed by atoms with E-state index in [2.05, 4.69) is 5.32 Å². The van der Waals surface area contributed by atoms with Gasteiger partial charge in [-0.1, -0.05) is 11.6 Å². The summed E-state index contributed by atoms with van der Waals surface area (Å²) in [7, 11) is 0. The SMILES string of the molecule is O=C(COC(=O)c1ccc(F)cc1Cl)NC1C2CC3CC(C2)CC1C3. The summed E-state index contributed by atoms with van der Waals surface area (Å²) in [4.78, 5) is 24.2. The number of halogens is 2. The van der Waals surface area contributed by atoms with E-state index in [-0.39, 0.29) is 29.1 Å². The molecule has 0 spiro atoms. The highest BCUT2D eigenvalue weighted by Crippen LogP contribution is 2.53. The molecule has 4 fully saturated rings. The third kappa shape index (κ3) is 3.39. The van der Waals surface area contributed by atoms with Crippen molar-refractivity contribution in [2.75, 3.05) is 6.61 Å². The predicted octanol–water partition coefficient (Wildman–Crippen LogP) is 3.58. The Morgan fingerprint density at radius 1 is 1.12 bits per heavy atom. The van der Waals surface area contributed by atoms with E-state index in [4.69, 9.17) is 16.3 Å². The average Bonchev–Trinajstić information content (AvgIpc) is 2.55. The Kier molecular flexibility index (Phi) is 4.44. The lowest BCUT2D eigenvalue weighted by Crippen LogP contribution is -2.56. The Labute approximate surface area is 151 Å². The van der Waals surface area contributed by atoms with Gasteiger partial charge in [-0.15, -0.1) is 0 Å². The van der Waals surface area contributed by atoms with Crippen LogP contribution in [0.25, 0.3) is 0 Å². The maximum atomic E-state index is 13.0. The average molecular weight is 366 g/mol. The number of rotatable bonds is 4. The van der Waals surface area contributed by atoms with E-state index in [9.17, 15) is 14.0 Å². The van der Waals surface area contributed by atoms with Gasteiger partial charge in [0.2, 0.25) is 0 Å². The third-order valence-electron chi connectivity index (χ3n) is 6.04. The highest BCUT2D eigenvalue weighted by Gasteiger charge is 2.48. The number of esters is 1. The summed E-state index contributed by atoms with van der Waals surface area (Å²) in [5, 5.41) is 3.06. The number of hydrogen-bond donors (Lipinski definition) is 1. The molecule has 0 heterocycles. The van der Waals surface area contributed by atoms with Crippen LogP contribution in [0.3, 0.4) is 0 Å². The standard InChI is InChI=1S/C19H21ClFNO3/c20-16-8-14(21)1-2-15(16)19(24)25-9-17(23)22-18-12-4-10-3-11(6-12)7-13(18)5-10/h1-2,8,10-13,18H,3-7,9H2,(H,22,23). The third-order valence-corrected chi connectivity index (χ3v) is 6.35. The molecule has 4 aliphatic rings. The van der Waals surface area contributed by atoms with Crippen LogP contribution < -0.4 is 5.32 Å². The lowest BCUT2D eigenvalue weighted by molar-refractivity contribution is -0.128. The quantitative estimate of drug-likeness (QED) is 0.830. The van der Waals surface area contributed by atoms with Crippen molar-refractivity contribution in [2.24, 2.45) is 23.7 Å². The molecule has 0 radical (unpaired) electrons. The summed E-state index contributed by atoms with van der Waals surface area (Å²) in [6.07, 6.45) is 6.21. The van der Waals surface area contributed by atoms with Crippen molar-refractivity contribution in [1.29, 1.82) is 0 Å². The Bertz CT molecular complexity index is 680. The molecule has 4 aliphatic carbocycles. The largest absolute Gasteiger partial charge is 0.452 e. The van der Waals surface area contributed by atoms with E-state index >= 15 is 0 Å². The summed E-state index contributed by atoms with van der Waals surface area (Å²) in [6, 6.07) is 3.66. The van der Waals surface area contributed by atoms with Crippen LogP contribution in [-0.4, -0.2) is 24.5 Å². The van der Waals surface area contributed by atoms with Gasteiger partial charge in [-0.3, -0.25) is 4.79 Å². The molecule has 0 saturated heterocycles. The summed E-state index contributed by atoms with van der Waals surface area (Å²) in [6.45, 7) is -0.338. The minimum absolute atomic E-state index is 0.0218. The van der Waals surface area contributed by atoms with Gasteiger partial charge in [-0.25, -0.2) is 9.18 Å². The number of ether oxygens (including phenoxy) is 1. The minimum Gasteiger partial charge on any atom is -0.452 e. The minimum atomic E-state index is -0.717. The second-order valence-corrected chi connectivity index (χ2v) is 8.13. The Morgan fingerprint density at radius 2 is 1.76 bits per heavy atom. The number of nitrogens with one attached hydrogen (secondary N) is 1. The molecule has 1 aromatic rings. The van der Waals surface area contributed by atoms with E-state index in [1.807, 2.05) is 0 Å². The predicted molar refractivity (Wildman–Crippen MR) is 90.7 cm³/mol. The zero-order chi connectivity index (χ0) is 17.6. The van der Waals surface area contributed by atoms with Crippen LogP contribution in [0.4, 0.5) is 4.39 Å². The molecule has 0 atom stereocenters. The Balaban J connectivity index is 1.31. The van der Waals surface area contributed by atoms with Crippen LogP contribution in [0.1, 0.15) is 42.5 Å². The normalized spacial score (nSPS) is 32.5. The molecule has 0 unspecified atom stereocenters. The number of benzene rings is 1. The molecular weight excluding hydrogens is 345 g/mol. The van der Waals surface area contributed by atoms with Gasteiger partial charge in [-0.2, -0.15) is 0 Å². The highest BCUT2D eigenvalue weighted by atomic mass is 35.5. The molecule has 25 heavy (non-hydrogen) atoms. The first-order valence-corrected chi connectivity index (χ1v) is 9.29. The van der Waals surface area contributed by atoms with E-state index in [1.54, 1.807) is 0 Å². The monoisotopic (exact) mass is 365 g/mol. The topological polar surface area (TPSA) is 55.4 Å². The molecule has 1 aromatic carbocycles. The first-order chi connectivity index (χ1) is 12.0. The lowest BCUT2D eigenvalue weighted by Gasteiger charge is -2.54. The smallest absolute Gasteiger partial charge is 0.340 e. The maximum Gasteiger partial charge on any atom is 0.340 e. The van der Waals surface area contributed by atoms with Crippen LogP contribution in [0.2, 0.25) is 5.02 Å². The van der Waals surface area contributed by atoms with Crippen LogP contribution in [0.15, 0.2) is 18.2 Å². The van der Waals surface area contributed by atoms with Gasteiger partial charge in [0.1, 0.15) is 5.82 Å². The molecule has 5 rings (SSSR count). The van der Waals surface area contributed by atoms with Gasteiger partial charge in [0, 0.05) is 6.04 Å². The molecule has 4 saturated carbocycles. The first-order valence-electron chi connectivity index (χ1n) is 8.91. The van der Waals surface area contributed by atoms with Crippen LogP contribution >= 0.6 is 11.6 Å². The van der Waals surface area contributed by atoms with Crippen molar-refractivity contribution in [2.45, 2.75) is 38.1 Å². The van der Waals surface area contributed by atoms with Gasteiger partial charge < -0.3 is 10.1 Å². The summed E-state index contributed by atoms with van der Waals surface area (Å²) in [5.41, 5.74) is 0.0606. The fourth-order valence-electron chi connectivity index (χ4n) is 5.25. The Morgan fingerprint density at radius 3 is 2.36 bits per heavy atom. The van der Waals surface area contributed by atoms with Crippen molar-refractivity contribution in [3.8, 4) is 0 Å². The number of carbonyl (C=O) groups is 2. The molecular formula is C19H21ClFNO3. The van der Waals surface area contributed by atoms with Crippen molar-refractivity contribution in [1.82, 2.24) is 5.32 Å². The van der Waals surface area contributed by atoms with Gasteiger partial charge in [0.15, 0.2) is 6.61 Å². The fraction of sp³-hybridized carbons (Fsp3) is 0.579. The van der Waals surface area contributed by atoms with Crippen molar-refractivity contribution in [3.05, 3.63) is 34.6 Å². The zero-order valence-electron chi connectivity index (χ0n) is 13.8. The second-order valence-electron chi connectivity index (χ2n) is 7.72. The maximum absolute atomic E-state index is 13.0. The van der Waals surface area contributed by atoms with Gasteiger partial charge >= 0.3 is 5.97 Å². The molecule has 134 valence electrons. The van der Waals surface area contributed by atoms with Crippen molar-refractivity contribution < 1.29 is 18.7 Å². The molecule has 1 N–H and O–H groups in total. The highest BCUT2D eigenvalue weighted by molar-refractivity contribution is 6.33. The first kappa shape index (κ1) is 16.8. The van der Waals surface area contributed by atoms with E-state index in [0.29, 0.717) is 11.8 Å². The fourth-order valence-corrected chi connectivity index (χ4v) is 5.50. The van der Waals surface area contributed by atoms with Crippen LogP contribution in [0, 0.1) is 29.5 Å². The summed E-state index contributed by atoms with van der Waals surface area (Å²) in [5.74, 6) is 1.31. The molecule has 0 aliphatic heterocycles. The molecule has 4 nitrogen and oxygen atoms in total. The zero-order valence-corrected chi connectivity index (χ0v) is 14.6. The van der Waals surface area contributed by atoms with E-state index < -0.39 is 11.8 Å².